The molecule has 0 radical (unpaired) electrons. The molecule has 1 N–H and O–H groups in total. The summed E-state index contributed by atoms with van der Waals surface area (Å²) in [6, 6.07) is 10.0. The van der Waals surface area contributed by atoms with Crippen LogP contribution in [0.3, 0.4) is 0 Å². The van der Waals surface area contributed by atoms with Crippen LogP contribution >= 0.6 is 35.7 Å². The quantitative estimate of drug-likeness (QED) is 0.493. The Morgan fingerprint density at radius 2 is 1.89 bits per heavy atom. The van der Waals surface area contributed by atoms with E-state index in [2.05, 4.69) is 0 Å². The molecule has 0 saturated heterocycles. The molecular weight excluding hydrogens is 308 g/mol. The summed E-state index contributed by atoms with van der Waals surface area (Å²) in [6.07, 6.45) is 0.412. The Morgan fingerprint density at radius 1 is 1.22 bits per heavy atom. The number of hydrogen-bond acceptors (Lipinski definition) is 5. The highest BCUT2D eigenvalue weighted by molar-refractivity contribution is 8.46. The lowest BCUT2D eigenvalue weighted by atomic mass is 10.2. The lowest BCUT2D eigenvalue weighted by Gasteiger charge is -2.03. The molecule has 0 heterocycles. The van der Waals surface area contributed by atoms with Crippen LogP contribution in [0, 0.1) is 0 Å². The van der Waals surface area contributed by atoms with Crippen LogP contribution in [0.2, 0.25) is 0 Å². The van der Waals surface area contributed by atoms with Crippen molar-refractivity contribution in [1.29, 1.82) is 0 Å². The van der Waals surface area contributed by atoms with E-state index in [9.17, 15) is 8.42 Å². The van der Waals surface area contributed by atoms with Gasteiger partial charge in [-0.25, -0.2) is 0 Å². The second-order valence-corrected chi connectivity index (χ2v) is 8.36. The monoisotopic (exact) mass is 322 g/mol. The molecule has 18 heavy (non-hydrogen) atoms. The van der Waals surface area contributed by atoms with Crippen molar-refractivity contribution in [3.8, 4) is 0 Å². The van der Waals surface area contributed by atoms with Crippen LogP contribution in [0.25, 0.3) is 0 Å². The van der Waals surface area contributed by atoms with Gasteiger partial charge in [-0.05, 0) is 12.0 Å². The lowest BCUT2D eigenvalue weighted by molar-refractivity contribution is 0.482. The zero-order chi connectivity index (χ0) is 13.4. The van der Waals surface area contributed by atoms with Crippen molar-refractivity contribution in [3.05, 3.63) is 35.9 Å². The summed E-state index contributed by atoms with van der Waals surface area (Å²) in [5.41, 5.74) is 1.21. The average molecular weight is 322 g/mol. The van der Waals surface area contributed by atoms with Crippen LogP contribution in [0.15, 0.2) is 30.3 Å². The number of benzene rings is 1. The van der Waals surface area contributed by atoms with Gasteiger partial charge in [0.15, 0.2) is 0 Å². The Kier molecular flexibility index (Phi) is 7.25. The van der Waals surface area contributed by atoms with Crippen molar-refractivity contribution < 1.29 is 13.0 Å². The maximum Gasteiger partial charge on any atom is 0.264 e. The molecule has 0 atom stereocenters. The average Bonchev–Trinajstić information content (AvgIpc) is 2.32. The zero-order valence-corrected chi connectivity index (χ0v) is 12.9. The summed E-state index contributed by atoms with van der Waals surface area (Å²) < 4.78 is 30.3. The Morgan fingerprint density at radius 3 is 2.50 bits per heavy atom. The second kappa shape index (κ2) is 8.16. The Hall–Kier alpha value is -0.0800. The summed E-state index contributed by atoms with van der Waals surface area (Å²) in [5.74, 6) is 1.23. The van der Waals surface area contributed by atoms with E-state index in [4.69, 9.17) is 16.8 Å². The molecule has 0 fully saturated rings. The fraction of sp³-hybridized carbons (Fsp3) is 0.364. The van der Waals surface area contributed by atoms with E-state index in [1.54, 1.807) is 11.8 Å². The van der Waals surface area contributed by atoms with Crippen LogP contribution in [0.1, 0.15) is 12.0 Å². The van der Waals surface area contributed by atoms with Crippen LogP contribution in [0.4, 0.5) is 0 Å². The Bertz CT molecular complexity index is 470. The smallest absolute Gasteiger partial charge is 0.264 e. The van der Waals surface area contributed by atoms with Crippen molar-refractivity contribution >= 4 is 49.4 Å². The van der Waals surface area contributed by atoms with Gasteiger partial charge < -0.3 is 0 Å². The fourth-order valence-corrected chi connectivity index (χ4v) is 3.97. The molecule has 0 spiro atoms. The molecule has 0 unspecified atom stereocenters. The van der Waals surface area contributed by atoms with Gasteiger partial charge >= 0.3 is 0 Å². The molecule has 7 heteroatoms. The molecule has 0 bridgehead atoms. The third-order valence-corrected chi connectivity index (χ3v) is 5.63. The zero-order valence-electron chi connectivity index (χ0n) is 9.61. The number of rotatable bonds is 6. The molecule has 1 aromatic rings. The van der Waals surface area contributed by atoms with E-state index in [-0.39, 0.29) is 5.75 Å². The van der Waals surface area contributed by atoms with E-state index in [0.717, 1.165) is 9.28 Å². The minimum Gasteiger partial charge on any atom is -0.286 e. The second-order valence-electron chi connectivity index (χ2n) is 3.51. The normalized spacial score (nSPS) is 11.4. The molecule has 0 saturated carbocycles. The molecule has 0 amide bonds. The Balaban J connectivity index is 2.15. The van der Waals surface area contributed by atoms with Crippen LogP contribution in [-0.2, 0) is 15.9 Å². The van der Waals surface area contributed by atoms with Crippen LogP contribution < -0.4 is 0 Å². The Labute approximate surface area is 121 Å². The first-order valence-electron chi connectivity index (χ1n) is 5.26. The summed E-state index contributed by atoms with van der Waals surface area (Å²) >= 11 is 8.20. The fourth-order valence-electron chi connectivity index (χ4n) is 1.15. The number of thiocarbonyl (C=S) groups is 1. The highest BCUT2D eigenvalue weighted by Gasteiger charge is 2.05. The van der Waals surface area contributed by atoms with Gasteiger partial charge in [-0.15, -0.1) is 23.5 Å². The van der Waals surface area contributed by atoms with E-state index in [1.165, 1.54) is 17.3 Å². The molecule has 0 aliphatic carbocycles. The van der Waals surface area contributed by atoms with E-state index in [1.807, 2.05) is 30.3 Å². The van der Waals surface area contributed by atoms with Gasteiger partial charge in [-0.1, -0.05) is 42.5 Å². The van der Waals surface area contributed by atoms with E-state index in [0.29, 0.717) is 12.2 Å². The predicted molar refractivity (Wildman–Crippen MR) is 83.8 cm³/mol. The first kappa shape index (κ1) is 16.0. The van der Waals surface area contributed by atoms with Gasteiger partial charge in [0.05, 0.1) is 5.75 Å². The molecule has 1 rings (SSSR count). The summed E-state index contributed by atoms with van der Waals surface area (Å²) in [6.45, 7) is 0. The molecule has 0 aliphatic heterocycles. The van der Waals surface area contributed by atoms with Gasteiger partial charge in [-0.2, -0.15) is 8.42 Å². The molecule has 1 aromatic carbocycles. The van der Waals surface area contributed by atoms with Crippen LogP contribution in [0.5, 0.6) is 0 Å². The summed E-state index contributed by atoms with van der Waals surface area (Å²) in [5, 5.41) is 0. The minimum absolute atomic E-state index is 0.202. The SMILES string of the molecule is O=S(=O)(O)CCCSC(=S)SCc1ccccc1. The topological polar surface area (TPSA) is 54.4 Å². The molecule has 3 nitrogen and oxygen atoms in total. The van der Waals surface area contributed by atoms with Crippen molar-refractivity contribution in [2.75, 3.05) is 11.5 Å². The standard InChI is InChI=1S/C11H14O3S4/c12-18(13,14)8-4-7-16-11(15)17-9-10-5-2-1-3-6-10/h1-3,5-6H,4,7-9H2,(H,12,13,14). The minimum atomic E-state index is -3.84. The summed E-state index contributed by atoms with van der Waals surface area (Å²) in [4.78, 5) is 0. The van der Waals surface area contributed by atoms with Crippen molar-refractivity contribution in [1.82, 2.24) is 0 Å². The largest absolute Gasteiger partial charge is 0.286 e. The molecule has 100 valence electrons. The van der Waals surface area contributed by atoms with Gasteiger partial charge in [0.1, 0.15) is 3.53 Å². The maximum atomic E-state index is 10.5. The summed E-state index contributed by atoms with van der Waals surface area (Å²) in [7, 11) is -3.84. The number of thioether (sulfide) groups is 2. The van der Waals surface area contributed by atoms with Crippen molar-refractivity contribution in [3.63, 3.8) is 0 Å². The van der Waals surface area contributed by atoms with Gasteiger partial charge in [0.2, 0.25) is 0 Å². The molecular formula is C11H14O3S4. The maximum absolute atomic E-state index is 10.5. The van der Waals surface area contributed by atoms with Gasteiger partial charge in [-0.3, -0.25) is 4.55 Å². The van der Waals surface area contributed by atoms with Crippen molar-refractivity contribution in [2.45, 2.75) is 12.2 Å². The first-order chi connectivity index (χ1) is 8.47. The molecule has 0 aromatic heterocycles. The van der Waals surface area contributed by atoms with Crippen LogP contribution in [-0.4, -0.2) is 28.0 Å². The first-order valence-corrected chi connectivity index (χ1v) is 9.25. The lowest BCUT2D eigenvalue weighted by Crippen LogP contribution is -2.04. The predicted octanol–water partition coefficient (Wildman–Crippen LogP) is 3.22. The number of hydrogen-bond donors (Lipinski definition) is 1. The van der Waals surface area contributed by atoms with E-state index < -0.39 is 10.1 Å². The molecule has 0 aliphatic rings. The van der Waals surface area contributed by atoms with E-state index >= 15 is 0 Å². The highest BCUT2D eigenvalue weighted by atomic mass is 32.2. The third kappa shape index (κ3) is 8.10. The third-order valence-electron chi connectivity index (χ3n) is 1.97. The van der Waals surface area contributed by atoms with Gasteiger partial charge in [0.25, 0.3) is 10.1 Å². The highest BCUT2D eigenvalue weighted by Crippen LogP contribution is 2.22. The van der Waals surface area contributed by atoms with Gasteiger partial charge in [0, 0.05) is 11.5 Å². The van der Waals surface area contributed by atoms with Crippen molar-refractivity contribution in [2.24, 2.45) is 0 Å².